The Morgan fingerprint density at radius 2 is 1.73 bits per heavy atom. The highest BCUT2D eigenvalue weighted by Gasteiger charge is 2.19. The molecule has 0 aromatic heterocycles. The van der Waals surface area contributed by atoms with Crippen molar-refractivity contribution in [2.24, 2.45) is 0 Å². The molecule has 0 unspecified atom stereocenters. The summed E-state index contributed by atoms with van der Waals surface area (Å²) in [7, 11) is 0. The molecule has 2 aromatic carbocycles. The molecule has 0 radical (unpaired) electrons. The minimum absolute atomic E-state index is 0.326. The van der Waals surface area contributed by atoms with E-state index < -0.39 is 18.0 Å². The molecule has 1 atom stereocenters. The van der Waals surface area contributed by atoms with Gasteiger partial charge in [-0.1, -0.05) is 29.3 Å². The summed E-state index contributed by atoms with van der Waals surface area (Å²) in [6.07, 6.45) is -0.942. The van der Waals surface area contributed by atoms with E-state index in [0.29, 0.717) is 21.3 Å². The normalized spacial score (nSPS) is 11.6. The molecule has 1 amide bonds. The lowest BCUT2D eigenvalue weighted by Crippen LogP contribution is -2.30. The molecule has 0 saturated carbocycles. The van der Waals surface area contributed by atoms with Gasteiger partial charge in [-0.25, -0.2) is 4.79 Å². The highest BCUT2D eigenvalue weighted by atomic mass is 35.5. The molecule has 22 heavy (non-hydrogen) atoms. The van der Waals surface area contributed by atoms with Crippen molar-refractivity contribution in [3.63, 3.8) is 0 Å². The summed E-state index contributed by atoms with van der Waals surface area (Å²) >= 11 is 11.6. The van der Waals surface area contributed by atoms with E-state index in [1.165, 1.54) is 19.1 Å². The van der Waals surface area contributed by atoms with Crippen molar-refractivity contribution in [2.45, 2.75) is 13.0 Å². The number of hydrogen-bond donors (Lipinski definition) is 1. The van der Waals surface area contributed by atoms with Crippen LogP contribution < -0.4 is 5.32 Å². The van der Waals surface area contributed by atoms with E-state index in [1.807, 2.05) is 0 Å². The average Bonchev–Trinajstić information content (AvgIpc) is 2.47. The summed E-state index contributed by atoms with van der Waals surface area (Å²) in [5.74, 6) is -1.03. The number of anilines is 1. The van der Waals surface area contributed by atoms with Crippen LogP contribution in [0.4, 0.5) is 5.69 Å². The van der Waals surface area contributed by atoms with E-state index in [4.69, 9.17) is 27.9 Å². The molecule has 114 valence electrons. The first-order valence-corrected chi connectivity index (χ1v) is 7.24. The molecule has 6 heteroatoms. The molecule has 0 fully saturated rings. The molecule has 0 spiro atoms. The highest BCUT2D eigenvalue weighted by Crippen LogP contribution is 2.16. The van der Waals surface area contributed by atoms with Crippen molar-refractivity contribution in [3.05, 3.63) is 64.1 Å². The van der Waals surface area contributed by atoms with Gasteiger partial charge >= 0.3 is 5.97 Å². The monoisotopic (exact) mass is 337 g/mol. The number of esters is 1. The Kier molecular flexibility index (Phi) is 5.41. The Balaban J connectivity index is 1.96. The summed E-state index contributed by atoms with van der Waals surface area (Å²) in [4.78, 5) is 23.9. The maximum atomic E-state index is 12.0. The van der Waals surface area contributed by atoms with Crippen molar-refractivity contribution >= 4 is 40.8 Å². The highest BCUT2D eigenvalue weighted by molar-refractivity contribution is 6.31. The predicted octanol–water partition coefficient (Wildman–Crippen LogP) is 4.18. The van der Waals surface area contributed by atoms with E-state index in [2.05, 4.69) is 5.32 Å². The average molecular weight is 338 g/mol. The maximum Gasteiger partial charge on any atom is 0.338 e. The van der Waals surface area contributed by atoms with Crippen molar-refractivity contribution in [2.75, 3.05) is 5.32 Å². The number of carbonyl (C=O) groups excluding carboxylic acids is 2. The first kappa shape index (κ1) is 16.3. The van der Waals surface area contributed by atoms with E-state index in [1.54, 1.807) is 36.4 Å². The molecule has 2 aromatic rings. The molecule has 0 saturated heterocycles. The van der Waals surface area contributed by atoms with E-state index in [0.717, 1.165) is 0 Å². The van der Waals surface area contributed by atoms with Gasteiger partial charge in [0.2, 0.25) is 0 Å². The number of nitrogens with one attached hydrogen (secondary N) is 1. The molecule has 0 aliphatic heterocycles. The van der Waals surface area contributed by atoms with Crippen LogP contribution in [0.1, 0.15) is 17.3 Å². The van der Waals surface area contributed by atoms with Crippen LogP contribution in [0.25, 0.3) is 0 Å². The summed E-state index contributed by atoms with van der Waals surface area (Å²) in [5, 5.41) is 3.65. The second kappa shape index (κ2) is 7.29. The molecule has 0 heterocycles. The lowest BCUT2D eigenvalue weighted by atomic mass is 10.2. The third-order valence-corrected chi connectivity index (χ3v) is 3.31. The first-order chi connectivity index (χ1) is 10.5. The van der Waals surface area contributed by atoms with Gasteiger partial charge in [-0.2, -0.15) is 0 Å². The Bertz CT molecular complexity index is 686. The van der Waals surface area contributed by atoms with Gasteiger partial charge in [0.1, 0.15) is 0 Å². The largest absolute Gasteiger partial charge is 0.449 e. The number of benzene rings is 2. The molecule has 2 rings (SSSR count). The summed E-state index contributed by atoms with van der Waals surface area (Å²) in [6.45, 7) is 1.49. The van der Waals surface area contributed by atoms with Gasteiger partial charge in [-0.05, 0) is 49.4 Å². The fourth-order valence-corrected chi connectivity index (χ4v) is 1.99. The molecule has 0 aliphatic rings. The maximum absolute atomic E-state index is 12.0. The molecular formula is C16H13Cl2NO3. The third-order valence-electron chi connectivity index (χ3n) is 2.83. The van der Waals surface area contributed by atoms with Gasteiger partial charge in [0, 0.05) is 15.7 Å². The topological polar surface area (TPSA) is 55.4 Å². The number of ether oxygens (including phenoxy) is 1. The standard InChI is InChI=1S/C16H13Cl2NO3/c1-10(15(20)19-14-4-2-3-13(18)9-14)22-16(21)11-5-7-12(17)8-6-11/h2-10H,1H3,(H,19,20)/t10-/m0/s1. The summed E-state index contributed by atoms with van der Waals surface area (Å²) in [5.41, 5.74) is 0.860. The smallest absolute Gasteiger partial charge is 0.338 e. The first-order valence-electron chi connectivity index (χ1n) is 6.48. The van der Waals surface area contributed by atoms with Crippen LogP contribution in [0.3, 0.4) is 0 Å². The van der Waals surface area contributed by atoms with Crippen LogP contribution in [0.5, 0.6) is 0 Å². The predicted molar refractivity (Wildman–Crippen MR) is 86.4 cm³/mol. The van der Waals surface area contributed by atoms with Crippen LogP contribution >= 0.6 is 23.2 Å². The number of amides is 1. The minimum atomic E-state index is -0.942. The zero-order chi connectivity index (χ0) is 16.1. The summed E-state index contributed by atoms with van der Waals surface area (Å²) < 4.78 is 5.11. The van der Waals surface area contributed by atoms with Gasteiger partial charge < -0.3 is 10.1 Å². The molecular weight excluding hydrogens is 325 g/mol. The van der Waals surface area contributed by atoms with Gasteiger partial charge in [0.15, 0.2) is 6.10 Å². The number of hydrogen-bond acceptors (Lipinski definition) is 3. The molecule has 0 bridgehead atoms. The van der Waals surface area contributed by atoms with Crippen molar-refractivity contribution in [1.29, 1.82) is 0 Å². The number of halogens is 2. The third kappa shape index (κ3) is 4.48. The minimum Gasteiger partial charge on any atom is -0.449 e. The fraction of sp³-hybridized carbons (Fsp3) is 0.125. The molecule has 1 N–H and O–H groups in total. The summed E-state index contributed by atoms with van der Waals surface area (Å²) in [6, 6.07) is 12.9. The zero-order valence-corrected chi connectivity index (χ0v) is 13.2. The van der Waals surface area contributed by atoms with Crippen LogP contribution in [0, 0.1) is 0 Å². The van der Waals surface area contributed by atoms with E-state index in [9.17, 15) is 9.59 Å². The second-order valence-corrected chi connectivity index (χ2v) is 5.43. The van der Waals surface area contributed by atoms with Crippen LogP contribution in [-0.2, 0) is 9.53 Å². The fourth-order valence-electron chi connectivity index (χ4n) is 1.68. The Morgan fingerprint density at radius 1 is 1.05 bits per heavy atom. The Morgan fingerprint density at radius 3 is 2.36 bits per heavy atom. The zero-order valence-electron chi connectivity index (χ0n) is 11.7. The lowest BCUT2D eigenvalue weighted by Gasteiger charge is -2.13. The van der Waals surface area contributed by atoms with Gasteiger partial charge in [0.05, 0.1) is 5.56 Å². The van der Waals surface area contributed by atoms with Gasteiger partial charge in [-0.15, -0.1) is 0 Å². The van der Waals surface area contributed by atoms with E-state index >= 15 is 0 Å². The van der Waals surface area contributed by atoms with Crippen molar-refractivity contribution in [1.82, 2.24) is 0 Å². The molecule has 4 nitrogen and oxygen atoms in total. The van der Waals surface area contributed by atoms with Crippen LogP contribution in [0.15, 0.2) is 48.5 Å². The number of carbonyl (C=O) groups is 2. The van der Waals surface area contributed by atoms with Crippen LogP contribution in [-0.4, -0.2) is 18.0 Å². The van der Waals surface area contributed by atoms with Crippen LogP contribution in [0.2, 0.25) is 10.0 Å². The Hall–Kier alpha value is -2.04. The molecule has 0 aliphatic carbocycles. The lowest BCUT2D eigenvalue weighted by molar-refractivity contribution is -0.123. The van der Waals surface area contributed by atoms with Crippen molar-refractivity contribution < 1.29 is 14.3 Å². The SMILES string of the molecule is C[C@H](OC(=O)c1ccc(Cl)cc1)C(=O)Nc1cccc(Cl)c1. The van der Waals surface area contributed by atoms with Gasteiger partial charge in [-0.3, -0.25) is 4.79 Å². The second-order valence-electron chi connectivity index (χ2n) is 4.55. The van der Waals surface area contributed by atoms with E-state index in [-0.39, 0.29) is 0 Å². The number of rotatable bonds is 4. The Labute approximate surface area is 138 Å². The quantitative estimate of drug-likeness (QED) is 0.851. The van der Waals surface area contributed by atoms with Gasteiger partial charge in [0.25, 0.3) is 5.91 Å². The van der Waals surface area contributed by atoms with Crippen molar-refractivity contribution in [3.8, 4) is 0 Å².